The highest BCUT2D eigenvalue weighted by molar-refractivity contribution is 7.81. The van der Waals surface area contributed by atoms with Crippen molar-refractivity contribution in [2.24, 2.45) is 0 Å². The lowest BCUT2D eigenvalue weighted by atomic mass is 10.1. The minimum Gasteiger partial charge on any atom is -0.465 e. The molecule has 10 heavy (non-hydrogen) atoms. The third-order valence-electron chi connectivity index (χ3n) is 1.67. The molecule has 1 heterocycles. The van der Waals surface area contributed by atoms with Crippen molar-refractivity contribution in [2.45, 2.75) is 18.1 Å². The molecule has 1 aliphatic heterocycles. The van der Waals surface area contributed by atoms with E-state index in [4.69, 9.17) is 5.11 Å². The summed E-state index contributed by atoms with van der Waals surface area (Å²) in [4.78, 5) is 11.8. The minimum absolute atomic E-state index is 0.241. The molecule has 0 aromatic heterocycles. The third-order valence-corrected chi connectivity index (χ3v) is 2.09. The number of carbonyl (C=O) groups is 1. The Balaban J connectivity index is 2.39. The maximum absolute atomic E-state index is 10.4. The molecule has 1 N–H and O–H groups in total. The molecule has 4 heteroatoms. The van der Waals surface area contributed by atoms with Gasteiger partial charge in [0.05, 0.1) is 0 Å². The van der Waals surface area contributed by atoms with Crippen LogP contribution in [0, 0.1) is 0 Å². The third kappa shape index (κ3) is 1.80. The van der Waals surface area contributed by atoms with Gasteiger partial charge in [0.1, 0.15) is 0 Å². The molecule has 0 aromatic rings. The molecule has 1 atom stereocenters. The van der Waals surface area contributed by atoms with E-state index in [2.05, 4.69) is 12.6 Å². The molecule has 3 nitrogen and oxygen atoms in total. The van der Waals surface area contributed by atoms with Crippen LogP contribution in [0.3, 0.4) is 0 Å². The number of rotatable bonds is 0. The number of hydrogen-bond acceptors (Lipinski definition) is 2. The van der Waals surface area contributed by atoms with Crippen LogP contribution in [0.1, 0.15) is 12.8 Å². The van der Waals surface area contributed by atoms with Crippen LogP contribution in [0.2, 0.25) is 0 Å². The second-order valence-electron chi connectivity index (χ2n) is 2.52. The van der Waals surface area contributed by atoms with Gasteiger partial charge in [-0.15, -0.1) is 0 Å². The van der Waals surface area contributed by atoms with E-state index in [1.54, 1.807) is 0 Å². The molecule has 0 bridgehead atoms. The first-order valence-electron chi connectivity index (χ1n) is 3.36. The standard InChI is InChI=1S/C6H11NO2S/c8-6(9)7-3-1-2-5(10)4-7/h5,10H,1-4H2,(H,8,9)/t5-/m1/s1. The lowest BCUT2D eigenvalue weighted by molar-refractivity contribution is 0.137. The normalized spacial score (nSPS) is 26.5. The quantitative estimate of drug-likeness (QED) is 0.521. The maximum Gasteiger partial charge on any atom is 0.407 e. The van der Waals surface area contributed by atoms with Gasteiger partial charge in [-0.1, -0.05) is 0 Å². The van der Waals surface area contributed by atoms with Gasteiger partial charge in [0.2, 0.25) is 0 Å². The summed E-state index contributed by atoms with van der Waals surface area (Å²) in [5, 5.41) is 8.79. The number of likely N-dealkylation sites (tertiary alicyclic amines) is 1. The average molecular weight is 161 g/mol. The summed E-state index contributed by atoms with van der Waals surface area (Å²) in [6, 6.07) is 0. The summed E-state index contributed by atoms with van der Waals surface area (Å²) in [5.74, 6) is 0. The Morgan fingerprint density at radius 2 is 2.40 bits per heavy atom. The lowest BCUT2D eigenvalue weighted by Crippen LogP contribution is -2.39. The molecular formula is C6H11NO2S. The first kappa shape index (κ1) is 7.72. The highest BCUT2D eigenvalue weighted by Gasteiger charge is 2.19. The van der Waals surface area contributed by atoms with Gasteiger partial charge in [0.25, 0.3) is 0 Å². The van der Waals surface area contributed by atoms with Crippen LogP contribution in [-0.4, -0.2) is 34.4 Å². The Bertz CT molecular complexity index is 140. The molecule has 0 radical (unpaired) electrons. The van der Waals surface area contributed by atoms with Crippen LogP contribution in [0.25, 0.3) is 0 Å². The number of amides is 1. The SMILES string of the molecule is O=C(O)N1CCC[C@@H](S)C1. The molecule has 1 aliphatic rings. The van der Waals surface area contributed by atoms with Crippen molar-refractivity contribution in [1.29, 1.82) is 0 Å². The van der Waals surface area contributed by atoms with Gasteiger partial charge in [-0.3, -0.25) is 0 Å². The van der Waals surface area contributed by atoms with E-state index in [9.17, 15) is 4.79 Å². The first-order valence-corrected chi connectivity index (χ1v) is 3.87. The Morgan fingerprint density at radius 1 is 1.70 bits per heavy atom. The number of carboxylic acid groups (broad SMARTS) is 1. The summed E-state index contributed by atoms with van der Waals surface area (Å²) >= 11 is 4.21. The summed E-state index contributed by atoms with van der Waals surface area (Å²) in [6.07, 6.45) is 1.16. The Labute approximate surface area is 65.4 Å². The zero-order valence-electron chi connectivity index (χ0n) is 5.66. The van der Waals surface area contributed by atoms with E-state index in [1.807, 2.05) is 0 Å². The molecule has 1 rings (SSSR count). The van der Waals surface area contributed by atoms with Crippen molar-refractivity contribution in [3.8, 4) is 0 Å². The summed E-state index contributed by atoms with van der Waals surface area (Å²) in [5.41, 5.74) is 0. The molecule has 1 amide bonds. The molecule has 0 saturated carbocycles. The largest absolute Gasteiger partial charge is 0.465 e. The highest BCUT2D eigenvalue weighted by Crippen LogP contribution is 2.13. The number of piperidine rings is 1. The van der Waals surface area contributed by atoms with Crippen LogP contribution in [0.4, 0.5) is 4.79 Å². The lowest BCUT2D eigenvalue weighted by Gasteiger charge is -2.27. The maximum atomic E-state index is 10.4. The molecule has 1 fully saturated rings. The fourth-order valence-electron chi connectivity index (χ4n) is 1.13. The summed E-state index contributed by atoms with van der Waals surface area (Å²) in [7, 11) is 0. The molecule has 0 unspecified atom stereocenters. The topological polar surface area (TPSA) is 40.5 Å². The monoisotopic (exact) mass is 161 g/mol. The second-order valence-corrected chi connectivity index (χ2v) is 3.25. The van der Waals surface area contributed by atoms with Gasteiger partial charge in [-0.05, 0) is 12.8 Å². The number of hydrogen-bond donors (Lipinski definition) is 2. The fraction of sp³-hybridized carbons (Fsp3) is 0.833. The predicted molar refractivity (Wildman–Crippen MR) is 41.6 cm³/mol. The van der Waals surface area contributed by atoms with E-state index in [0.29, 0.717) is 13.1 Å². The Morgan fingerprint density at radius 3 is 2.80 bits per heavy atom. The van der Waals surface area contributed by atoms with Crippen molar-refractivity contribution in [1.82, 2.24) is 4.90 Å². The molecule has 58 valence electrons. The van der Waals surface area contributed by atoms with Crippen molar-refractivity contribution in [3.63, 3.8) is 0 Å². The fourth-order valence-corrected chi connectivity index (χ4v) is 1.51. The van der Waals surface area contributed by atoms with Crippen LogP contribution in [0.15, 0.2) is 0 Å². The zero-order chi connectivity index (χ0) is 7.56. The van der Waals surface area contributed by atoms with E-state index < -0.39 is 6.09 Å². The molecular weight excluding hydrogens is 150 g/mol. The summed E-state index contributed by atoms with van der Waals surface area (Å²) in [6.45, 7) is 1.25. The summed E-state index contributed by atoms with van der Waals surface area (Å²) < 4.78 is 0. The van der Waals surface area contributed by atoms with Crippen molar-refractivity contribution < 1.29 is 9.90 Å². The molecule has 0 aromatic carbocycles. The average Bonchev–Trinajstić information content (AvgIpc) is 1.88. The van der Waals surface area contributed by atoms with Crippen molar-refractivity contribution >= 4 is 18.7 Å². The van der Waals surface area contributed by atoms with Crippen molar-refractivity contribution in [3.05, 3.63) is 0 Å². The number of nitrogens with zero attached hydrogens (tertiary/aromatic N) is 1. The van der Waals surface area contributed by atoms with E-state index >= 15 is 0 Å². The van der Waals surface area contributed by atoms with E-state index in [0.717, 1.165) is 12.8 Å². The zero-order valence-corrected chi connectivity index (χ0v) is 6.55. The Kier molecular flexibility index (Phi) is 2.43. The van der Waals surface area contributed by atoms with Crippen LogP contribution in [-0.2, 0) is 0 Å². The van der Waals surface area contributed by atoms with Gasteiger partial charge in [0.15, 0.2) is 0 Å². The van der Waals surface area contributed by atoms with Gasteiger partial charge < -0.3 is 10.0 Å². The first-order chi connectivity index (χ1) is 4.70. The van der Waals surface area contributed by atoms with Crippen molar-refractivity contribution in [2.75, 3.05) is 13.1 Å². The van der Waals surface area contributed by atoms with E-state index in [-0.39, 0.29) is 5.25 Å². The molecule has 1 saturated heterocycles. The predicted octanol–water partition coefficient (Wildman–Crippen LogP) is 1.06. The van der Waals surface area contributed by atoms with Gasteiger partial charge in [0, 0.05) is 18.3 Å². The Hall–Kier alpha value is -0.380. The van der Waals surface area contributed by atoms with Gasteiger partial charge in [-0.2, -0.15) is 12.6 Å². The van der Waals surface area contributed by atoms with Gasteiger partial charge in [-0.25, -0.2) is 4.79 Å². The molecule has 0 spiro atoms. The minimum atomic E-state index is -0.821. The van der Waals surface area contributed by atoms with Crippen LogP contribution in [0.5, 0.6) is 0 Å². The van der Waals surface area contributed by atoms with Gasteiger partial charge >= 0.3 is 6.09 Å². The number of thiol groups is 1. The highest BCUT2D eigenvalue weighted by atomic mass is 32.1. The smallest absolute Gasteiger partial charge is 0.407 e. The second kappa shape index (κ2) is 3.14. The van der Waals surface area contributed by atoms with E-state index in [1.165, 1.54) is 4.90 Å². The van der Waals surface area contributed by atoms with Crippen LogP contribution < -0.4 is 0 Å². The van der Waals surface area contributed by atoms with Crippen LogP contribution >= 0.6 is 12.6 Å². The molecule has 0 aliphatic carbocycles.